The van der Waals surface area contributed by atoms with Gasteiger partial charge in [-0.1, -0.05) is 37.9 Å². The van der Waals surface area contributed by atoms with E-state index in [-0.39, 0.29) is 29.0 Å². The molecule has 39 heavy (non-hydrogen) atoms. The second-order valence-corrected chi connectivity index (χ2v) is 10.2. The van der Waals surface area contributed by atoms with Gasteiger partial charge in [0, 0.05) is 47.6 Å². The van der Waals surface area contributed by atoms with Gasteiger partial charge in [-0.3, -0.25) is 9.78 Å². The number of pyridine rings is 1. The number of halogens is 3. The number of amides is 1. The van der Waals surface area contributed by atoms with Crippen molar-refractivity contribution in [1.29, 1.82) is 0 Å². The van der Waals surface area contributed by atoms with Crippen molar-refractivity contribution in [2.45, 2.75) is 52.5 Å². The molecule has 11 heteroatoms. The fraction of sp³-hybridized carbons (Fsp3) is 0.429. The normalized spacial score (nSPS) is 13.6. The molecule has 0 bridgehead atoms. The molecule has 1 aromatic carbocycles. The summed E-state index contributed by atoms with van der Waals surface area (Å²) in [5, 5.41) is 3.73. The standard InChI is InChI=1S/C28H35ClF2N6O2/c1-8-14(2)21(25(30)31)23-26(32)34-13-35-27(23)36-16(4)18-11-19(29)15(3)22(24(18)39-7)17-9-10-20(33-12-17)28(38)37(5)6/h9-14,16,21,25H,8H2,1-7H3,(H3,32,34,35,36)/t14-,16?,21?/m1/s1. The van der Waals surface area contributed by atoms with Crippen molar-refractivity contribution in [1.82, 2.24) is 19.9 Å². The number of carbonyl (C=O) groups excluding carboxylic acids is 1. The van der Waals surface area contributed by atoms with E-state index in [0.29, 0.717) is 39.6 Å². The van der Waals surface area contributed by atoms with Crippen molar-refractivity contribution in [2.24, 2.45) is 5.92 Å². The molecule has 0 radical (unpaired) electrons. The third kappa shape index (κ3) is 6.21. The third-order valence-corrected chi connectivity index (χ3v) is 7.38. The van der Waals surface area contributed by atoms with Gasteiger partial charge in [0.25, 0.3) is 5.91 Å². The Morgan fingerprint density at radius 3 is 2.44 bits per heavy atom. The molecule has 0 aliphatic carbocycles. The summed E-state index contributed by atoms with van der Waals surface area (Å²) in [6, 6.07) is 4.74. The van der Waals surface area contributed by atoms with Gasteiger partial charge in [0.1, 0.15) is 29.4 Å². The summed E-state index contributed by atoms with van der Waals surface area (Å²) in [6.07, 6.45) is 0.743. The van der Waals surface area contributed by atoms with Crippen molar-refractivity contribution < 1.29 is 18.3 Å². The Morgan fingerprint density at radius 1 is 1.21 bits per heavy atom. The molecule has 0 spiro atoms. The van der Waals surface area contributed by atoms with Crippen LogP contribution in [0.5, 0.6) is 5.75 Å². The first-order chi connectivity index (χ1) is 18.4. The Labute approximate surface area is 233 Å². The fourth-order valence-corrected chi connectivity index (χ4v) is 4.79. The topological polar surface area (TPSA) is 106 Å². The number of benzene rings is 1. The first-order valence-electron chi connectivity index (χ1n) is 12.6. The number of rotatable bonds is 10. The molecule has 0 fully saturated rings. The van der Waals surface area contributed by atoms with E-state index in [2.05, 4.69) is 20.3 Å². The zero-order valence-corrected chi connectivity index (χ0v) is 24.0. The van der Waals surface area contributed by atoms with E-state index in [0.717, 1.165) is 5.56 Å². The maximum absolute atomic E-state index is 14.2. The van der Waals surface area contributed by atoms with E-state index >= 15 is 0 Å². The summed E-state index contributed by atoms with van der Waals surface area (Å²) in [5.41, 5.74) is 9.47. The Balaban J connectivity index is 2.10. The summed E-state index contributed by atoms with van der Waals surface area (Å²) in [6.45, 7) is 7.34. The molecule has 1 amide bonds. The Hall–Kier alpha value is -3.53. The van der Waals surface area contributed by atoms with Gasteiger partial charge in [-0.2, -0.15) is 0 Å². The lowest BCUT2D eigenvalue weighted by Gasteiger charge is -2.27. The molecule has 210 valence electrons. The lowest BCUT2D eigenvalue weighted by atomic mass is 9.86. The Morgan fingerprint density at radius 2 is 1.90 bits per heavy atom. The number of methoxy groups -OCH3 is 1. The van der Waals surface area contributed by atoms with Crippen molar-refractivity contribution in [2.75, 3.05) is 32.3 Å². The molecular weight excluding hydrogens is 526 g/mol. The SMILES string of the molecule is CC[C@@H](C)C(c1c(N)ncnc1NC(C)c1cc(Cl)c(C)c(-c2ccc(C(=O)N(C)C)nc2)c1OC)C(F)F. The van der Waals surface area contributed by atoms with Crippen LogP contribution in [0.3, 0.4) is 0 Å². The van der Waals surface area contributed by atoms with Gasteiger partial charge >= 0.3 is 0 Å². The van der Waals surface area contributed by atoms with Gasteiger partial charge in [-0.25, -0.2) is 18.7 Å². The molecular formula is C28H35ClF2N6O2. The summed E-state index contributed by atoms with van der Waals surface area (Å²) in [5.74, 6) is -0.929. The van der Waals surface area contributed by atoms with Gasteiger partial charge < -0.3 is 20.7 Å². The maximum atomic E-state index is 14.2. The summed E-state index contributed by atoms with van der Waals surface area (Å²) < 4.78 is 34.3. The summed E-state index contributed by atoms with van der Waals surface area (Å²) >= 11 is 6.67. The fourth-order valence-electron chi connectivity index (χ4n) is 4.58. The van der Waals surface area contributed by atoms with Crippen molar-refractivity contribution in [3.8, 4) is 16.9 Å². The van der Waals surface area contributed by atoms with E-state index in [1.165, 1.54) is 11.2 Å². The molecule has 3 atom stereocenters. The van der Waals surface area contributed by atoms with E-state index in [1.54, 1.807) is 52.5 Å². The number of hydrogen-bond donors (Lipinski definition) is 2. The van der Waals surface area contributed by atoms with E-state index in [9.17, 15) is 13.6 Å². The molecule has 0 aliphatic rings. The van der Waals surface area contributed by atoms with Crippen molar-refractivity contribution in [3.63, 3.8) is 0 Å². The average molecular weight is 561 g/mol. The quantitative estimate of drug-likeness (QED) is 0.297. The zero-order chi connectivity index (χ0) is 29.0. The van der Waals surface area contributed by atoms with Crippen molar-refractivity contribution in [3.05, 3.63) is 58.1 Å². The molecule has 3 aromatic rings. The number of carbonyl (C=O) groups is 1. The number of nitrogens with one attached hydrogen (secondary N) is 1. The second kappa shape index (κ2) is 12.5. The number of nitrogens with zero attached hydrogens (tertiary/aromatic N) is 4. The van der Waals surface area contributed by atoms with Crippen LogP contribution >= 0.6 is 11.6 Å². The minimum atomic E-state index is -2.64. The van der Waals surface area contributed by atoms with Crippen LogP contribution in [0.15, 0.2) is 30.7 Å². The third-order valence-electron chi connectivity index (χ3n) is 6.98. The second-order valence-electron chi connectivity index (χ2n) is 9.75. The lowest BCUT2D eigenvalue weighted by molar-refractivity contribution is 0.0821. The molecule has 0 saturated carbocycles. The molecule has 3 N–H and O–H groups in total. The number of ether oxygens (including phenoxy) is 1. The monoisotopic (exact) mass is 560 g/mol. The minimum absolute atomic E-state index is 0.0123. The van der Waals surface area contributed by atoms with E-state index in [1.807, 2.05) is 20.8 Å². The smallest absolute Gasteiger partial charge is 0.271 e. The molecule has 2 heterocycles. The molecule has 8 nitrogen and oxygen atoms in total. The lowest BCUT2D eigenvalue weighted by Crippen LogP contribution is -2.23. The highest BCUT2D eigenvalue weighted by atomic mass is 35.5. The zero-order valence-electron chi connectivity index (χ0n) is 23.2. The number of hydrogen-bond acceptors (Lipinski definition) is 7. The first kappa shape index (κ1) is 30.0. The van der Waals surface area contributed by atoms with E-state index < -0.39 is 18.4 Å². The number of nitrogen functional groups attached to an aromatic ring is 1. The van der Waals surface area contributed by atoms with Gasteiger partial charge in [0.05, 0.1) is 19.1 Å². The average Bonchev–Trinajstić information content (AvgIpc) is 2.90. The summed E-state index contributed by atoms with van der Waals surface area (Å²) in [4.78, 5) is 26.4. The number of anilines is 2. The van der Waals surface area contributed by atoms with Crippen LogP contribution in [0, 0.1) is 12.8 Å². The van der Waals surface area contributed by atoms with Gasteiger partial charge in [0.2, 0.25) is 6.43 Å². The molecule has 0 saturated heterocycles. The van der Waals surface area contributed by atoms with Gasteiger partial charge in [0.15, 0.2) is 0 Å². The highest BCUT2D eigenvalue weighted by molar-refractivity contribution is 6.32. The largest absolute Gasteiger partial charge is 0.496 e. The maximum Gasteiger partial charge on any atom is 0.271 e. The Bertz CT molecular complexity index is 1320. The van der Waals surface area contributed by atoms with Crippen molar-refractivity contribution >= 4 is 29.1 Å². The van der Waals surface area contributed by atoms with Crippen LogP contribution in [0.25, 0.3) is 11.1 Å². The highest BCUT2D eigenvalue weighted by Crippen LogP contribution is 2.44. The van der Waals surface area contributed by atoms with Gasteiger partial charge in [-0.05, 0) is 37.5 Å². The number of aromatic nitrogens is 3. The van der Waals surface area contributed by atoms with Crippen LogP contribution in [-0.4, -0.2) is 53.4 Å². The molecule has 2 aromatic heterocycles. The molecule has 3 rings (SSSR count). The van der Waals surface area contributed by atoms with Crippen LogP contribution in [-0.2, 0) is 0 Å². The Kier molecular flexibility index (Phi) is 9.66. The summed E-state index contributed by atoms with van der Waals surface area (Å²) in [7, 11) is 4.86. The predicted molar refractivity (Wildman–Crippen MR) is 151 cm³/mol. The van der Waals surface area contributed by atoms with Crippen LogP contribution in [0.4, 0.5) is 20.4 Å². The van der Waals surface area contributed by atoms with Crippen LogP contribution in [0.2, 0.25) is 5.02 Å². The number of nitrogens with two attached hydrogens (primary N) is 1. The van der Waals surface area contributed by atoms with Crippen LogP contribution in [0.1, 0.15) is 66.3 Å². The molecule has 2 unspecified atom stereocenters. The minimum Gasteiger partial charge on any atom is -0.496 e. The highest BCUT2D eigenvalue weighted by Gasteiger charge is 2.33. The first-order valence-corrected chi connectivity index (χ1v) is 13.0. The predicted octanol–water partition coefficient (Wildman–Crippen LogP) is 6.36. The number of alkyl halides is 2. The molecule has 0 aliphatic heterocycles. The van der Waals surface area contributed by atoms with Crippen LogP contribution < -0.4 is 15.8 Å². The van der Waals surface area contributed by atoms with Gasteiger partial charge in [-0.15, -0.1) is 0 Å². The van der Waals surface area contributed by atoms with E-state index in [4.69, 9.17) is 22.1 Å².